The Bertz CT molecular complexity index is 351. The second-order valence-corrected chi connectivity index (χ2v) is 3.35. The average molecular weight is 224 g/mol. The van der Waals surface area contributed by atoms with E-state index in [0.29, 0.717) is 5.75 Å². The smallest absolute Gasteiger partial charge is 0.335 e. The fraction of sp³-hybridized carbons (Fsp3) is 0.364. The number of hydrogen-bond acceptors (Lipinski definition) is 4. The number of carboxylic acid groups (broad SMARTS) is 1. The lowest BCUT2D eigenvalue weighted by atomic mass is 10.3. The highest BCUT2D eigenvalue weighted by atomic mass is 16.7. The summed E-state index contributed by atoms with van der Waals surface area (Å²) in [6.45, 7) is 0.256. The first-order chi connectivity index (χ1) is 7.75. The molecule has 1 aliphatic rings. The van der Waals surface area contributed by atoms with Gasteiger partial charge >= 0.3 is 5.97 Å². The van der Waals surface area contributed by atoms with Gasteiger partial charge in [-0.2, -0.15) is 0 Å². The van der Waals surface area contributed by atoms with Gasteiger partial charge < -0.3 is 19.3 Å². The summed E-state index contributed by atoms with van der Waals surface area (Å²) >= 11 is 0. The van der Waals surface area contributed by atoms with E-state index in [9.17, 15) is 4.79 Å². The molecule has 0 bridgehead atoms. The fourth-order valence-corrected chi connectivity index (χ4v) is 1.35. The maximum atomic E-state index is 10.6. The van der Waals surface area contributed by atoms with E-state index in [2.05, 4.69) is 0 Å². The zero-order valence-corrected chi connectivity index (χ0v) is 8.54. The van der Waals surface area contributed by atoms with Crippen LogP contribution in [0.1, 0.15) is 0 Å². The summed E-state index contributed by atoms with van der Waals surface area (Å²) < 4.78 is 15.6. The first kappa shape index (κ1) is 10.9. The van der Waals surface area contributed by atoms with E-state index in [1.54, 1.807) is 0 Å². The molecular weight excluding hydrogens is 212 g/mol. The van der Waals surface area contributed by atoms with Crippen molar-refractivity contribution in [2.45, 2.75) is 12.4 Å². The van der Waals surface area contributed by atoms with Crippen LogP contribution >= 0.6 is 0 Å². The van der Waals surface area contributed by atoms with Crippen LogP contribution in [0, 0.1) is 0 Å². The third kappa shape index (κ3) is 2.71. The predicted molar refractivity (Wildman–Crippen MR) is 54.2 cm³/mol. The van der Waals surface area contributed by atoms with Crippen molar-refractivity contribution < 1.29 is 24.1 Å². The maximum absolute atomic E-state index is 10.6. The van der Waals surface area contributed by atoms with Crippen LogP contribution in [-0.2, 0) is 14.3 Å². The zero-order chi connectivity index (χ0) is 11.4. The summed E-state index contributed by atoms with van der Waals surface area (Å²) in [4.78, 5) is 10.6. The Balaban J connectivity index is 1.78. The molecule has 2 atom stereocenters. The molecule has 1 aromatic rings. The van der Waals surface area contributed by atoms with Gasteiger partial charge in [0.1, 0.15) is 12.4 Å². The highest BCUT2D eigenvalue weighted by Crippen LogP contribution is 2.14. The summed E-state index contributed by atoms with van der Waals surface area (Å²) in [5.41, 5.74) is 0. The van der Waals surface area contributed by atoms with Crippen molar-refractivity contribution >= 4 is 5.97 Å². The van der Waals surface area contributed by atoms with E-state index in [1.807, 2.05) is 30.3 Å². The van der Waals surface area contributed by atoms with Gasteiger partial charge in [0.25, 0.3) is 0 Å². The molecule has 86 valence electrons. The number of hydrogen-bond donors (Lipinski definition) is 1. The summed E-state index contributed by atoms with van der Waals surface area (Å²) in [6.07, 6.45) is -1.49. The van der Waals surface area contributed by atoms with E-state index in [0.717, 1.165) is 0 Å². The zero-order valence-electron chi connectivity index (χ0n) is 8.54. The van der Waals surface area contributed by atoms with Crippen molar-refractivity contribution in [3.05, 3.63) is 30.3 Å². The molecule has 0 radical (unpaired) electrons. The van der Waals surface area contributed by atoms with Crippen LogP contribution < -0.4 is 4.74 Å². The van der Waals surface area contributed by atoms with Gasteiger partial charge in [0.05, 0.1) is 6.61 Å². The second kappa shape index (κ2) is 4.96. The molecule has 0 aliphatic carbocycles. The Morgan fingerprint density at radius 3 is 2.81 bits per heavy atom. The van der Waals surface area contributed by atoms with Crippen LogP contribution in [0.2, 0.25) is 0 Å². The molecule has 1 saturated heterocycles. The lowest BCUT2D eigenvalue weighted by molar-refractivity contribution is -0.151. The molecule has 1 N–H and O–H groups in total. The number of carboxylic acids is 1. The van der Waals surface area contributed by atoms with Gasteiger partial charge in [0.2, 0.25) is 0 Å². The number of aliphatic carboxylic acids is 1. The Labute approximate surface area is 92.5 Å². The van der Waals surface area contributed by atoms with Crippen molar-refractivity contribution in [2.24, 2.45) is 0 Å². The second-order valence-electron chi connectivity index (χ2n) is 3.35. The van der Waals surface area contributed by atoms with Gasteiger partial charge in [-0.25, -0.2) is 4.79 Å². The minimum absolute atomic E-state index is 0.0676. The average Bonchev–Trinajstić information content (AvgIpc) is 2.76. The van der Waals surface area contributed by atoms with Crippen LogP contribution in [0.25, 0.3) is 0 Å². The molecule has 0 aromatic heterocycles. The predicted octanol–water partition coefficient (Wildman–Crippen LogP) is 0.891. The van der Waals surface area contributed by atoms with E-state index < -0.39 is 18.4 Å². The molecule has 1 aromatic carbocycles. The van der Waals surface area contributed by atoms with Crippen LogP contribution in [0.15, 0.2) is 30.3 Å². The van der Waals surface area contributed by atoms with E-state index in [4.69, 9.17) is 19.3 Å². The molecule has 0 amide bonds. The quantitative estimate of drug-likeness (QED) is 0.822. The molecule has 16 heavy (non-hydrogen) atoms. The first-order valence-corrected chi connectivity index (χ1v) is 4.93. The molecule has 0 unspecified atom stereocenters. The lowest BCUT2D eigenvalue weighted by Crippen LogP contribution is -2.24. The van der Waals surface area contributed by atoms with E-state index in [1.165, 1.54) is 0 Å². The molecule has 1 fully saturated rings. The van der Waals surface area contributed by atoms with Crippen molar-refractivity contribution in [1.82, 2.24) is 0 Å². The largest absolute Gasteiger partial charge is 0.488 e. The minimum Gasteiger partial charge on any atom is -0.488 e. The summed E-state index contributed by atoms with van der Waals surface area (Å²) in [6, 6.07) is 9.21. The number of rotatable bonds is 4. The molecule has 5 heteroatoms. The topological polar surface area (TPSA) is 65.0 Å². The summed E-state index contributed by atoms with van der Waals surface area (Å²) in [7, 11) is 0. The molecule has 5 nitrogen and oxygen atoms in total. The van der Waals surface area contributed by atoms with Gasteiger partial charge in [-0.15, -0.1) is 0 Å². The van der Waals surface area contributed by atoms with Crippen LogP contribution in [0.4, 0.5) is 0 Å². The number of benzene rings is 1. The number of ether oxygens (including phenoxy) is 3. The molecule has 0 saturated carbocycles. The van der Waals surface area contributed by atoms with Gasteiger partial charge in [0, 0.05) is 0 Å². The summed E-state index contributed by atoms with van der Waals surface area (Å²) in [5.74, 6) is -0.310. The van der Waals surface area contributed by atoms with Crippen LogP contribution in [0.3, 0.4) is 0 Å². The summed E-state index contributed by atoms with van der Waals surface area (Å²) in [5, 5.41) is 8.67. The van der Waals surface area contributed by atoms with Crippen molar-refractivity contribution in [2.75, 3.05) is 13.2 Å². The lowest BCUT2D eigenvalue weighted by Gasteiger charge is -2.11. The number of para-hydroxylation sites is 1. The Hall–Kier alpha value is -1.59. The molecular formula is C11H12O5. The van der Waals surface area contributed by atoms with Gasteiger partial charge in [0.15, 0.2) is 12.4 Å². The highest BCUT2D eigenvalue weighted by molar-refractivity contribution is 5.72. The minimum atomic E-state index is -1.01. The molecule has 2 rings (SSSR count). The van der Waals surface area contributed by atoms with Crippen molar-refractivity contribution in [1.29, 1.82) is 0 Å². The van der Waals surface area contributed by atoms with E-state index >= 15 is 0 Å². The van der Waals surface area contributed by atoms with Crippen LogP contribution in [0.5, 0.6) is 5.75 Å². The standard InChI is InChI=1S/C11H12O5/c12-11(13)9-6-15-10(16-9)7-14-8-4-2-1-3-5-8/h1-5,9-10H,6-7H2,(H,12,13)/t9-,10+/m0/s1. The molecule has 1 heterocycles. The van der Waals surface area contributed by atoms with Crippen molar-refractivity contribution in [3.8, 4) is 5.75 Å². The van der Waals surface area contributed by atoms with E-state index in [-0.39, 0.29) is 13.2 Å². The third-order valence-electron chi connectivity index (χ3n) is 2.15. The first-order valence-electron chi connectivity index (χ1n) is 4.93. The normalized spacial score (nSPS) is 24.2. The SMILES string of the molecule is O=C(O)[C@@H]1CO[C@@H](COc2ccccc2)O1. The maximum Gasteiger partial charge on any atom is 0.335 e. The monoisotopic (exact) mass is 224 g/mol. The van der Waals surface area contributed by atoms with Crippen LogP contribution in [-0.4, -0.2) is 36.7 Å². The number of carbonyl (C=O) groups is 1. The Morgan fingerprint density at radius 2 is 2.19 bits per heavy atom. The third-order valence-corrected chi connectivity index (χ3v) is 2.15. The molecule has 0 spiro atoms. The van der Waals surface area contributed by atoms with Gasteiger partial charge in [-0.05, 0) is 12.1 Å². The van der Waals surface area contributed by atoms with Gasteiger partial charge in [-0.3, -0.25) is 0 Å². The fourth-order valence-electron chi connectivity index (χ4n) is 1.35. The molecule has 1 aliphatic heterocycles. The Morgan fingerprint density at radius 1 is 1.44 bits per heavy atom. The van der Waals surface area contributed by atoms with Crippen molar-refractivity contribution in [3.63, 3.8) is 0 Å². The van der Waals surface area contributed by atoms with Gasteiger partial charge in [-0.1, -0.05) is 18.2 Å². The Kier molecular flexibility index (Phi) is 3.38. The highest BCUT2D eigenvalue weighted by Gasteiger charge is 2.31.